The molecule has 2 aromatic rings. The van der Waals surface area contributed by atoms with E-state index in [1.165, 1.54) is 4.90 Å². The van der Waals surface area contributed by atoms with Crippen molar-refractivity contribution in [2.45, 2.75) is 45.4 Å². The number of fused-ring (bicyclic) bond motifs is 1. The van der Waals surface area contributed by atoms with Gasteiger partial charge in [-0.05, 0) is 64.7 Å². The molecule has 1 N–H and O–H groups in total. The zero-order chi connectivity index (χ0) is 25.8. The summed E-state index contributed by atoms with van der Waals surface area (Å²) in [4.78, 5) is 30.2. The van der Waals surface area contributed by atoms with Crippen LogP contribution >= 0.6 is 15.9 Å². The van der Waals surface area contributed by atoms with Gasteiger partial charge in [0, 0.05) is 23.0 Å². The molecule has 190 valence electrons. The van der Waals surface area contributed by atoms with E-state index in [1.807, 2.05) is 49.3 Å². The van der Waals surface area contributed by atoms with Gasteiger partial charge in [-0.25, -0.2) is 4.79 Å². The Labute approximate surface area is 215 Å². The monoisotopic (exact) mass is 547 g/mol. The molecule has 8 nitrogen and oxygen atoms in total. The topological polar surface area (TPSA) is 80.3 Å². The summed E-state index contributed by atoms with van der Waals surface area (Å²) in [6, 6.07) is 10.4. The highest BCUT2D eigenvalue weighted by Crippen LogP contribution is 2.33. The molecule has 0 aliphatic carbocycles. The van der Waals surface area contributed by atoms with Gasteiger partial charge in [-0.1, -0.05) is 28.1 Å². The average Bonchev–Trinajstić information content (AvgIpc) is 2.78. The minimum absolute atomic E-state index is 0.207. The molecule has 0 saturated carbocycles. The zero-order valence-electron chi connectivity index (χ0n) is 21.2. The first-order chi connectivity index (χ1) is 16.5. The van der Waals surface area contributed by atoms with E-state index in [2.05, 4.69) is 21.2 Å². The van der Waals surface area contributed by atoms with Gasteiger partial charge in [-0.15, -0.1) is 0 Å². The van der Waals surface area contributed by atoms with Gasteiger partial charge in [-0.3, -0.25) is 9.69 Å². The number of nitrogens with one attached hydrogen (secondary N) is 1. The Balaban J connectivity index is 1.89. The highest BCUT2D eigenvalue weighted by Gasteiger charge is 2.38. The van der Waals surface area contributed by atoms with Gasteiger partial charge >= 0.3 is 6.09 Å². The van der Waals surface area contributed by atoms with Crippen LogP contribution in [0.4, 0.5) is 10.5 Å². The van der Waals surface area contributed by atoms with E-state index in [4.69, 9.17) is 14.2 Å². The Morgan fingerprint density at radius 2 is 1.91 bits per heavy atom. The molecule has 1 aliphatic heterocycles. The summed E-state index contributed by atoms with van der Waals surface area (Å²) >= 11 is 3.46. The van der Waals surface area contributed by atoms with Gasteiger partial charge in [-0.2, -0.15) is 0 Å². The summed E-state index contributed by atoms with van der Waals surface area (Å²) in [7, 11) is 5.53. The molecule has 1 atom stereocenters. The van der Waals surface area contributed by atoms with Crippen LogP contribution in [-0.4, -0.2) is 67.8 Å². The minimum atomic E-state index is -0.761. The number of hydrogen-bond acceptors (Lipinski definition) is 6. The number of benzene rings is 2. The molecule has 0 spiro atoms. The Hall–Kier alpha value is -2.78. The van der Waals surface area contributed by atoms with Gasteiger partial charge in [0.2, 0.25) is 5.91 Å². The zero-order valence-corrected chi connectivity index (χ0v) is 22.8. The second-order valence-corrected chi connectivity index (χ2v) is 10.6. The van der Waals surface area contributed by atoms with Crippen molar-refractivity contribution in [3.63, 3.8) is 0 Å². The van der Waals surface area contributed by atoms with Crippen LogP contribution in [0.2, 0.25) is 0 Å². The molecule has 1 aliphatic rings. The fraction of sp³-hybridized carbons (Fsp3) is 0.462. The molecule has 0 fully saturated rings. The van der Waals surface area contributed by atoms with Crippen LogP contribution < -0.4 is 14.8 Å². The first-order valence-electron chi connectivity index (χ1n) is 11.5. The molecule has 0 bridgehead atoms. The van der Waals surface area contributed by atoms with Crippen molar-refractivity contribution in [3.05, 3.63) is 52.0 Å². The van der Waals surface area contributed by atoms with Crippen molar-refractivity contribution < 1.29 is 23.8 Å². The van der Waals surface area contributed by atoms with E-state index < -0.39 is 17.7 Å². The van der Waals surface area contributed by atoms with E-state index in [9.17, 15) is 9.59 Å². The van der Waals surface area contributed by atoms with Gasteiger partial charge in [0.15, 0.2) is 0 Å². The number of anilines is 1. The lowest BCUT2D eigenvalue weighted by Gasteiger charge is -2.37. The summed E-state index contributed by atoms with van der Waals surface area (Å²) in [6.07, 6.45) is -0.210. The third kappa shape index (κ3) is 7.11. The second-order valence-electron chi connectivity index (χ2n) is 9.71. The number of ether oxygens (including phenoxy) is 3. The number of amides is 2. The predicted molar refractivity (Wildman–Crippen MR) is 139 cm³/mol. The maximum Gasteiger partial charge on any atom is 0.411 e. The molecule has 3 rings (SSSR count). The van der Waals surface area contributed by atoms with Crippen LogP contribution in [-0.2, 0) is 22.5 Å². The predicted octanol–water partition coefficient (Wildman–Crippen LogP) is 4.70. The normalized spacial score (nSPS) is 15.4. The van der Waals surface area contributed by atoms with E-state index >= 15 is 0 Å². The van der Waals surface area contributed by atoms with Crippen LogP contribution in [0.15, 0.2) is 40.9 Å². The summed E-state index contributed by atoms with van der Waals surface area (Å²) < 4.78 is 17.9. The highest BCUT2D eigenvalue weighted by atomic mass is 79.9. The van der Waals surface area contributed by atoms with Gasteiger partial charge < -0.3 is 24.4 Å². The molecule has 2 amide bonds. The average molecular weight is 548 g/mol. The van der Waals surface area contributed by atoms with Gasteiger partial charge in [0.1, 0.15) is 29.7 Å². The molecule has 1 unspecified atom stereocenters. The first-order valence-corrected chi connectivity index (χ1v) is 12.3. The summed E-state index contributed by atoms with van der Waals surface area (Å²) in [6.45, 7) is 6.81. The summed E-state index contributed by atoms with van der Waals surface area (Å²) in [5, 5.41) is 2.97. The number of hydrogen-bond donors (Lipinski definition) is 1. The lowest BCUT2D eigenvalue weighted by atomic mass is 9.93. The van der Waals surface area contributed by atoms with Crippen LogP contribution in [0.1, 0.15) is 31.9 Å². The summed E-state index contributed by atoms with van der Waals surface area (Å²) in [5.74, 6) is 0.916. The molecular weight excluding hydrogens is 514 g/mol. The van der Waals surface area contributed by atoms with E-state index in [1.54, 1.807) is 33.9 Å². The fourth-order valence-electron chi connectivity index (χ4n) is 3.79. The maximum absolute atomic E-state index is 13.6. The van der Waals surface area contributed by atoms with Crippen molar-refractivity contribution in [2.75, 3.05) is 39.7 Å². The van der Waals surface area contributed by atoms with E-state index in [0.29, 0.717) is 30.2 Å². The quantitative estimate of drug-likeness (QED) is 0.541. The van der Waals surface area contributed by atoms with Crippen LogP contribution in [0.5, 0.6) is 11.5 Å². The molecule has 9 heteroatoms. The largest absolute Gasteiger partial charge is 0.496 e. The maximum atomic E-state index is 13.6. The second kappa shape index (κ2) is 11.3. The standard InChI is InChI=1S/C26H34BrN3O5/c1-26(2,3)35-25(32)30-16-19-17(8-7-9-22(19)33-6)14-21(30)24(31)28-20-11-10-18(27)15-23(20)34-13-12-29(4)5/h7-11,15,21H,12-14,16H2,1-6H3,(H,28,31). The smallest absolute Gasteiger partial charge is 0.411 e. The number of likely N-dealkylation sites (N-methyl/N-ethyl adjacent to an activating group) is 1. The van der Waals surface area contributed by atoms with Crippen molar-refractivity contribution in [1.29, 1.82) is 0 Å². The number of halogens is 1. The molecule has 0 radical (unpaired) electrons. The number of carbonyl (C=O) groups is 2. The third-order valence-electron chi connectivity index (χ3n) is 5.50. The number of methoxy groups -OCH3 is 1. The van der Waals surface area contributed by atoms with Crippen LogP contribution in [0.25, 0.3) is 0 Å². The lowest BCUT2D eigenvalue weighted by molar-refractivity contribution is -0.121. The Morgan fingerprint density at radius 1 is 1.17 bits per heavy atom. The Kier molecular flexibility index (Phi) is 8.66. The van der Waals surface area contributed by atoms with E-state index in [-0.39, 0.29) is 12.5 Å². The van der Waals surface area contributed by atoms with Gasteiger partial charge in [0.25, 0.3) is 0 Å². The highest BCUT2D eigenvalue weighted by molar-refractivity contribution is 9.10. The Bertz CT molecular complexity index is 1070. The molecule has 2 aromatic carbocycles. The number of nitrogens with zero attached hydrogens (tertiary/aromatic N) is 2. The van der Waals surface area contributed by atoms with Crippen molar-refractivity contribution >= 4 is 33.6 Å². The Morgan fingerprint density at radius 3 is 2.57 bits per heavy atom. The summed E-state index contributed by atoms with van der Waals surface area (Å²) in [5.41, 5.74) is 1.68. The first kappa shape index (κ1) is 26.8. The molecule has 1 heterocycles. The minimum Gasteiger partial charge on any atom is -0.496 e. The molecular formula is C26H34BrN3O5. The van der Waals surface area contributed by atoms with Crippen LogP contribution in [0.3, 0.4) is 0 Å². The molecule has 0 aromatic heterocycles. The van der Waals surface area contributed by atoms with Crippen molar-refractivity contribution in [3.8, 4) is 11.5 Å². The van der Waals surface area contributed by atoms with E-state index in [0.717, 1.165) is 22.1 Å². The molecule has 0 saturated heterocycles. The SMILES string of the molecule is COc1cccc2c1CN(C(=O)OC(C)(C)C)C(C(=O)Nc1ccc(Br)cc1OCCN(C)C)C2. The molecule has 35 heavy (non-hydrogen) atoms. The van der Waals surface area contributed by atoms with Gasteiger partial charge in [0.05, 0.1) is 19.3 Å². The van der Waals surface area contributed by atoms with Crippen molar-refractivity contribution in [1.82, 2.24) is 9.80 Å². The third-order valence-corrected chi connectivity index (χ3v) is 5.99. The fourth-order valence-corrected chi connectivity index (χ4v) is 4.13. The number of carbonyl (C=O) groups excluding carboxylic acids is 2. The number of rotatable bonds is 7. The van der Waals surface area contributed by atoms with Crippen LogP contribution in [0, 0.1) is 0 Å². The van der Waals surface area contributed by atoms with Crippen molar-refractivity contribution in [2.24, 2.45) is 0 Å². The lowest BCUT2D eigenvalue weighted by Crippen LogP contribution is -2.52.